The van der Waals surface area contributed by atoms with Crippen LogP contribution in [0.1, 0.15) is 68.9 Å². The van der Waals surface area contributed by atoms with Gasteiger partial charge in [-0.05, 0) is 35.7 Å². The van der Waals surface area contributed by atoms with Crippen LogP contribution in [0.2, 0.25) is 5.15 Å². The van der Waals surface area contributed by atoms with E-state index in [1.807, 2.05) is 0 Å². The third kappa shape index (κ3) is 2.86. The summed E-state index contributed by atoms with van der Waals surface area (Å²) in [4.78, 5) is 15.6. The van der Waals surface area contributed by atoms with Crippen molar-refractivity contribution in [1.82, 2.24) is 4.98 Å². The molecule has 1 saturated carbocycles. The summed E-state index contributed by atoms with van der Waals surface area (Å²) in [5, 5.41) is 9.63. The summed E-state index contributed by atoms with van der Waals surface area (Å²) in [6, 6.07) is 1.56. The molecule has 1 aromatic rings. The second-order valence-corrected chi connectivity index (χ2v) is 7.75. The molecule has 1 heterocycles. The van der Waals surface area contributed by atoms with Crippen LogP contribution < -0.4 is 5.73 Å². The molecule has 2 rings (SSSR count). The van der Waals surface area contributed by atoms with Crippen LogP contribution in [-0.4, -0.2) is 16.1 Å². The Hall–Kier alpha value is -1.29. The van der Waals surface area contributed by atoms with E-state index in [2.05, 4.69) is 32.7 Å². The van der Waals surface area contributed by atoms with E-state index >= 15 is 0 Å². The first-order valence-corrected chi connectivity index (χ1v) is 7.63. The summed E-state index contributed by atoms with van der Waals surface area (Å²) in [5.74, 6) is -1.04. The lowest BCUT2D eigenvalue weighted by atomic mass is 9.55. The van der Waals surface area contributed by atoms with Crippen molar-refractivity contribution in [1.29, 1.82) is 0 Å². The van der Waals surface area contributed by atoms with Crippen LogP contribution in [0.25, 0.3) is 0 Å². The van der Waals surface area contributed by atoms with Gasteiger partial charge < -0.3 is 10.8 Å². The summed E-state index contributed by atoms with van der Waals surface area (Å²) in [7, 11) is 0. The van der Waals surface area contributed by atoms with Gasteiger partial charge >= 0.3 is 5.97 Å². The molecule has 0 radical (unpaired) electrons. The molecule has 4 nitrogen and oxygen atoms in total. The van der Waals surface area contributed by atoms with Gasteiger partial charge in [0, 0.05) is 11.3 Å². The van der Waals surface area contributed by atoms with Gasteiger partial charge in [0.1, 0.15) is 5.15 Å². The molecule has 5 heteroatoms. The van der Waals surface area contributed by atoms with E-state index in [4.69, 9.17) is 17.3 Å². The number of nitrogen functional groups attached to an aromatic ring is 1. The lowest BCUT2D eigenvalue weighted by molar-refractivity contribution is 0.0636. The predicted molar refractivity (Wildman–Crippen MR) is 84.8 cm³/mol. The third-order valence-electron chi connectivity index (χ3n) is 4.76. The zero-order chi connectivity index (χ0) is 16.0. The van der Waals surface area contributed by atoms with Crippen molar-refractivity contribution >= 4 is 23.3 Å². The van der Waals surface area contributed by atoms with Crippen LogP contribution in [0.3, 0.4) is 0 Å². The van der Waals surface area contributed by atoms with E-state index in [0.717, 1.165) is 19.3 Å². The van der Waals surface area contributed by atoms with Gasteiger partial charge in [0.2, 0.25) is 0 Å². The minimum absolute atomic E-state index is 0.00644. The van der Waals surface area contributed by atoms with E-state index in [9.17, 15) is 9.90 Å². The number of anilines is 1. The van der Waals surface area contributed by atoms with Gasteiger partial charge in [0.25, 0.3) is 0 Å². The smallest absolute Gasteiger partial charge is 0.354 e. The fraction of sp³-hybridized carbons (Fsp3) is 0.625. The third-order valence-corrected chi connectivity index (χ3v) is 4.95. The summed E-state index contributed by atoms with van der Waals surface area (Å²) in [6.07, 6.45) is 3.23. The number of hydrogen-bond acceptors (Lipinski definition) is 3. The minimum Gasteiger partial charge on any atom is -0.477 e. The zero-order valence-corrected chi connectivity index (χ0v) is 13.8. The number of nitrogens with zero attached hydrogens (tertiary/aromatic N) is 1. The number of aromatic carboxylic acids is 1. The molecule has 0 atom stereocenters. The Bertz CT molecular complexity index is 566. The number of carbonyl (C=O) groups is 1. The van der Waals surface area contributed by atoms with E-state index in [0.29, 0.717) is 11.3 Å². The van der Waals surface area contributed by atoms with Crippen LogP contribution in [0.4, 0.5) is 5.69 Å². The number of nitrogens with two attached hydrogens (primary N) is 1. The lowest BCUT2D eigenvalue weighted by Crippen LogP contribution is -2.40. The molecule has 0 saturated heterocycles. The first-order valence-electron chi connectivity index (χ1n) is 7.25. The largest absolute Gasteiger partial charge is 0.477 e. The van der Waals surface area contributed by atoms with Crippen molar-refractivity contribution in [2.75, 3.05) is 5.73 Å². The summed E-state index contributed by atoms with van der Waals surface area (Å²) in [5.41, 5.74) is 7.15. The molecule has 1 aliphatic carbocycles. The van der Waals surface area contributed by atoms with Crippen LogP contribution in [0, 0.1) is 10.8 Å². The van der Waals surface area contributed by atoms with Crippen LogP contribution >= 0.6 is 11.6 Å². The van der Waals surface area contributed by atoms with Gasteiger partial charge in [-0.25, -0.2) is 9.78 Å². The molecule has 0 aliphatic heterocycles. The highest BCUT2D eigenvalue weighted by molar-refractivity contribution is 6.29. The van der Waals surface area contributed by atoms with Gasteiger partial charge in [-0.3, -0.25) is 0 Å². The van der Waals surface area contributed by atoms with Crippen LogP contribution in [0.5, 0.6) is 0 Å². The molecule has 0 unspecified atom stereocenters. The highest BCUT2D eigenvalue weighted by atomic mass is 35.5. The fourth-order valence-electron chi connectivity index (χ4n) is 4.14. The molecule has 1 fully saturated rings. The number of hydrogen-bond donors (Lipinski definition) is 2. The second-order valence-electron chi connectivity index (χ2n) is 7.37. The topological polar surface area (TPSA) is 76.2 Å². The van der Waals surface area contributed by atoms with Gasteiger partial charge in [0.05, 0.1) is 0 Å². The molecule has 3 N–H and O–H groups in total. The first kappa shape index (κ1) is 16.1. The van der Waals surface area contributed by atoms with Crippen LogP contribution in [-0.2, 0) is 0 Å². The van der Waals surface area contributed by atoms with Gasteiger partial charge in [-0.15, -0.1) is 0 Å². The SMILES string of the molecule is CC1(C)CCCC(C)(C)C1c1c(N)cc(Cl)nc1C(=O)O. The van der Waals surface area contributed by atoms with Gasteiger partial charge in [-0.1, -0.05) is 45.7 Å². The number of carboxylic acid groups (broad SMARTS) is 1. The molecular formula is C16H23ClN2O2. The monoisotopic (exact) mass is 310 g/mol. The molecule has 116 valence electrons. The van der Waals surface area contributed by atoms with Crippen molar-refractivity contribution in [3.8, 4) is 0 Å². The Morgan fingerprint density at radius 3 is 2.33 bits per heavy atom. The van der Waals surface area contributed by atoms with Crippen molar-refractivity contribution in [3.05, 3.63) is 22.5 Å². The number of aromatic nitrogens is 1. The summed E-state index contributed by atoms with van der Waals surface area (Å²) >= 11 is 5.89. The highest BCUT2D eigenvalue weighted by Gasteiger charge is 2.47. The van der Waals surface area contributed by atoms with E-state index in [1.54, 1.807) is 6.07 Å². The molecule has 0 spiro atoms. The highest BCUT2D eigenvalue weighted by Crippen LogP contribution is 2.57. The maximum atomic E-state index is 11.6. The lowest BCUT2D eigenvalue weighted by Gasteiger charge is -2.50. The number of carboxylic acids is 1. The number of halogens is 1. The maximum absolute atomic E-state index is 11.6. The molecule has 1 aromatic heterocycles. The van der Waals surface area contributed by atoms with Gasteiger partial charge in [-0.2, -0.15) is 0 Å². The van der Waals surface area contributed by atoms with Crippen LogP contribution in [0.15, 0.2) is 6.07 Å². The Kier molecular flexibility index (Phi) is 3.96. The van der Waals surface area contributed by atoms with E-state index in [1.165, 1.54) is 0 Å². The number of rotatable bonds is 2. The van der Waals surface area contributed by atoms with Crippen molar-refractivity contribution in [3.63, 3.8) is 0 Å². The predicted octanol–water partition coefficient (Wildman–Crippen LogP) is 4.34. The standard InChI is InChI=1S/C16H23ClN2O2/c1-15(2)6-5-7-16(3,4)13(15)11-9(18)8-10(17)19-12(11)14(20)21/h8,13H,5-7H2,1-4H3,(H2,18,19)(H,20,21). The molecule has 21 heavy (non-hydrogen) atoms. The fourth-order valence-corrected chi connectivity index (χ4v) is 4.34. The molecular weight excluding hydrogens is 288 g/mol. The molecule has 0 aromatic carbocycles. The van der Waals surface area contributed by atoms with Crippen molar-refractivity contribution in [2.24, 2.45) is 10.8 Å². The van der Waals surface area contributed by atoms with Crippen molar-refractivity contribution in [2.45, 2.75) is 52.9 Å². The first-order chi connectivity index (χ1) is 9.56. The average molecular weight is 311 g/mol. The summed E-state index contributed by atoms with van der Waals surface area (Å²) in [6.45, 7) is 8.72. The Morgan fingerprint density at radius 1 is 1.33 bits per heavy atom. The molecule has 0 amide bonds. The Labute approximate surface area is 130 Å². The average Bonchev–Trinajstić information content (AvgIpc) is 2.29. The molecule has 1 aliphatic rings. The minimum atomic E-state index is -1.07. The number of pyridine rings is 1. The Balaban J connectivity index is 2.71. The van der Waals surface area contributed by atoms with E-state index in [-0.39, 0.29) is 27.6 Å². The quantitative estimate of drug-likeness (QED) is 0.797. The van der Waals surface area contributed by atoms with Crippen molar-refractivity contribution < 1.29 is 9.90 Å². The normalized spacial score (nSPS) is 21.2. The zero-order valence-electron chi connectivity index (χ0n) is 13.0. The second kappa shape index (κ2) is 5.16. The summed E-state index contributed by atoms with van der Waals surface area (Å²) < 4.78 is 0. The van der Waals surface area contributed by atoms with E-state index < -0.39 is 5.97 Å². The maximum Gasteiger partial charge on any atom is 0.354 e. The Morgan fingerprint density at radius 2 is 1.86 bits per heavy atom. The molecule has 0 bridgehead atoms. The van der Waals surface area contributed by atoms with Gasteiger partial charge in [0.15, 0.2) is 5.69 Å².